The molecule has 2 aromatic heterocycles. The summed E-state index contributed by atoms with van der Waals surface area (Å²) in [6.45, 7) is 4.44. The summed E-state index contributed by atoms with van der Waals surface area (Å²) >= 11 is 1.51. The summed E-state index contributed by atoms with van der Waals surface area (Å²) in [7, 11) is 1.80. The van der Waals surface area contributed by atoms with Crippen LogP contribution in [0.1, 0.15) is 18.3 Å². The number of hydrogen-bond acceptors (Lipinski definition) is 5. The van der Waals surface area contributed by atoms with Crippen molar-refractivity contribution in [1.82, 2.24) is 14.8 Å². The molecule has 3 rings (SSSR count). The van der Waals surface area contributed by atoms with Crippen LogP contribution in [0.2, 0.25) is 0 Å². The van der Waals surface area contributed by atoms with E-state index in [1.807, 2.05) is 49.6 Å². The molecule has 3 aromatic rings. The number of hydrogen-bond donors (Lipinski definition) is 1. The van der Waals surface area contributed by atoms with Gasteiger partial charge in [0.2, 0.25) is 5.91 Å². The molecule has 0 aliphatic rings. The van der Waals surface area contributed by atoms with Crippen molar-refractivity contribution >= 4 is 23.1 Å². The van der Waals surface area contributed by atoms with Gasteiger partial charge in [0.1, 0.15) is 16.6 Å². The van der Waals surface area contributed by atoms with Crippen LogP contribution < -0.4 is 10.1 Å². The van der Waals surface area contributed by atoms with Crippen molar-refractivity contribution < 1.29 is 9.53 Å². The third-order valence-electron chi connectivity index (χ3n) is 3.58. The second-order valence-corrected chi connectivity index (χ2v) is 6.45. The molecule has 0 saturated heterocycles. The Labute approximate surface area is 150 Å². The van der Waals surface area contributed by atoms with Gasteiger partial charge in [0.25, 0.3) is 0 Å². The fraction of sp³-hybridized carbons (Fsp3) is 0.278. The summed E-state index contributed by atoms with van der Waals surface area (Å²) in [4.78, 5) is 16.8. The lowest BCUT2D eigenvalue weighted by molar-refractivity contribution is -0.115. The van der Waals surface area contributed by atoms with E-state index in [0.29, 0.717) is 12.4 Å². The van der Waals surface area contributed by atoms with Crippen molar-refractivity contribution in [3.63, 3.8) is 0 Å². The van der Waals surface area contributed by atoms with Crippen LogP contribution >= 0.6 is 11.3 Å². The minimum atomic E-state index is -0.113. The van der Waals surface area contributed by atoms with Crippen molar-refractivity contribution in [2.45, 2.75) is 20.3 Å². The Bertz CT molecular complexity index is 885. The molecule has 0 saturated carbocycles. The van der Waals surface area contributed by atoms with Crippen molar-refractivity contribution in [3.05, 3.63) is 47.1 Å². The van der Waals surface area contributed by atoms with Crippen LogP contribution in [0.5, 0.6) is 5.75 Å². The highest BCUT2D eigenvalue weighted by Gasteiger charge is 2.13. The van der Waals surface area contributed by atoms with Gasteiger partial charge in [0.05, 0.1) is 30.0 Å². The van der Waals surface area contributed by atoms with Crippen LogP contribution in [-0.2, 0) is 18.3 Å². The van der Waals surface area contributed by atoms with Gasteiger partial charge in [-0.05, 0) is 26.0 Å². The molecule has 25 heavy (non-hydrogen) atoms. The van der Waals surface area contributed by atoms with Crippen LogP contribution in [0.15, 0.2) is 35.7 Å². The third-order valence-corrected chi connectivity index (χ3v) is 4.50. The number of amides is 1. The first kappa shape index (κ1) is 17.2. The monoisotopic (exact) mass is 356 g/mol. The number of aryl methyl sites for hydroxylation is 2. The maximum atomic E-state index is 12.2. The minimum Gasteiger partial charge on any atom is -0.493 e. The Kier molecular flexibility index (Phi) is 5.14. The van der Waals surface area contributed by atoms with Crippen LogP contribution in [0.25, 0.3) is 10.6 Å². The number of para-hydroxylation sites is 1. The summed E-state index contributed by atoms with van der Waals surface area (Å²) in [6.07, 6.45) is 0.220. The Balaban J connectivity index is 1.71. The number of carbonyl (C=O) groups excluding carboxylic acids is 1. The van der Waals surface area contributed by atoms with Gasteiger partial charge in [-0.25, -0.2) is 4.98 Å². The molecule has 0 atom stereocenters. The zero-order valence-electron chi connectivity index (χ0n) is 14.4. The van der Waals surface area contributed by atoms with E-state index in [4.69, 9.17) is 4.74 Å². The molecule has 130 valence electrons. The normalized spacial score (nSPS) is 10.7. The number of aromatic nitrogens is 3. The molecule has 0 radical (unpaired) electrons. The fourth-order valence-electron chi connectivity index (χ4n) is 2.52. The van der Waals surface area contributed by atoms with Crippen LogP contribution in [-0.4, -0.2) is 27.3 Å². The number of anilines is 1. The van der Waals surface area contributed by atoms with Gasteiger partial charge in [0, 0.05) is 18.5 Å². The lowest BCUT2D eigenvalue weighted by Crippen LogP contribution is -2.16. The van der Waals surface area contributed by atoms with Crippen LogP contribution in [0, 0.1) is 6.92 Å². The molecule has 1 N–H and O–H groups in total. The highest BCUT2D eigenvalue weighted by molar-refractivity contribution is 7.13. The van der Waals surface area contributed by atoms with Gasteiger partial charge in [-0.2, -0.15) is 5.10 Å². The molecule has 1 aromatic carbocycles. The van der Waals surface area contributed by atoms with E-state index < -0.39 is 0 Å². The SMILES string of the molecule is CCOc1ccccc1-c1nc(CC(=O)Nc2cc(C)nn2C)cs1. The van der Waals surface area contributed by atoms with Gasteiger partial charge in [0.15, 0.2) is 0 Å². The van der Waals surface area contributed by atoms with Gasteiger partial charge < -0.3 is 10.1 Å². The number of nitrogens with one attached hydrogen (secondary N) is 1. The van der Waals surface area contributed by atoms with E-state index >= 15 is 0 Å². The van der Waals surface area contributed by atoms with Crippen LogP contribution in [0.3, 0.4) is 0 Å². The van der Waals surface area contributed by atoms with E-state index in [9.17, 15) is 4.79 Å². The summed E-state index contributed by atoms with van der Waals surface area (Å²) in [5.41, 5.74) is 2.55. The van der Waals surface area contributed by atoms with Gasteiger partial charge >= 0.3 is 0 Å². The summed E-state index contributed by atoms with van der Waals surface area (Å²) in [6, 6.07) is 9.63. The molecule has 7 heteroatoms. The molecule has 0 aliphatic heterocycles. The zero-order valence-corrected chi connectivity index (χ0v) is 15.3. The second-order valence-electron chi connectivity index (χ2n) is 5.59. The van der Waals surface area contributed by atoms with E-state index in [1.54, 1.807) is 11.7 Å². The molecule has 0 spiro atoms. The van der Waals surface area contributed by atoms with E-state index in [0.717, 1.165) is 27.7 Å². The highest BCUT2D eigenvalue weighted by Crippen LogP contribution is 2.32. The lowest BCUT2D eigenvalue weighted by atomic mass is 10.2. The molecular formula is C18H20N4O2S. The first-order valence-electron chi connectivity index (χ1n) is 8.04. The third kappa shape index (κ3) is 4.06. The predicted molar refractivity (Wildman–Crippen MR) is 99.0 cm³/mol. The second kappa shape index (κ2) is 7.48. The smallest absolute Gasteiger partial charge is 0.231 e. The molecule has 1 amide bonds. The van der Waals surface area contributed by atoms with E-state index in [1.165, 1.54) is 11.3 Å². The van der Waals surface area contributed by atoms with Crippen molar-refractivity contribution in [3.8, 4) is 16.3 Å². The fourth-order valence-corrected chi connectivity index (χ4v) is 3.36. The molecule has 2 heterocycles. The number of benzene rings is 1. The lowest BCUT2D eigenvalue weighted by Gasteiger charge is -2.07. The van der Waals surface area contributed by atoms with E-state index in [-0.39, 0.29) is 12.3 Å². The predicted octanol–water partition coefficient (Wildman–Crippen LogP) is 3.43. The molecule has 6 nitrogen and oxygen atoms in total. The number of rotatable bonds is 6. The standard InChI is InChI=1S/C18H20N4O2S/c1-4-24-15-8-6-5-7-14(15)18-19-13(11-25-18)10-17(23)20-16-9-12(2)21-22(16)3/h5-9,11H,4,10H2,1-3H3,(H,20,23). The Morgan fingerprint density at radius 1 is 1.36 bits per heavy atom. The summed E-state index contributed by atoms with van der Waals surface area (Å²) in [5, 5.41) is 9.84. The first-order valence-corrected chi connectivity index (χ1v) is 8.92. The van der Waals surface area contributed by atoms with Crippen molar-refractivity contribution in [1.29, 1.82) is 0 Å². The minimum absolute atomic E-state index is 0.113. The average Bonchev–Trinajstić information content (AvgIpc) is 3.15. The maximum Gasteiger partial charge on any atom is 0.231 e. The molecule has 0 unspecified atom stereocenters. The molecular weight excluding hydrogens is 336 g/mol. The Morgan fingerprint density at radius 3 is 2.88 bits per heavy atom. The number of carbonyl (C=O) groups is 1. The zero-order chi connectivity index (χ0) is 17.8. The maximum absolute atomic E-state index is 12.2. The molecule has 0 bridgehead atoms. The largest absolute Gasteiger partial charge is 0.493 e. The Morgan fingerprint density at radius 2 is 2.16 bits per heavy atom. The van der Waals surface area contributed by atoms with E-state index in [2.05, 4.69) is 15.4 Å². The van der Waals surface area contributed by atoms with Crippen molar-refractivity contribution in [2.75, 3.05) is 11.9 Å². The van der Waals surface area contributed by atoms with Gasteiger partial charge in [-0.1, -0.05) is 12.1 Å². The van der Waals surface area contributed by atoms with Gasteiger partial charge in [-0.15, -0.1) is 11.3 Å². The quantitative estimate of drug-likeness (QED) is 0.735. The Hall–Kier alpha value is -2.67. The molecule has 0 aliphatic carbocycles. The highest BCUT2D eigenvalue weighted by atomic mass is 32.1. The van der Waals surface area contributed by atoms with Gasteiger partial charge in [-0.3, -0.25) is 9.48 Å². The topological polar surface area (TPSA) is 69.0 Å². The van der Waals surface area contributed by atoms with Crippen LogP contribution in [0.4, 0.5) is 5.82 Å². The van der Waals surface area contributed by atoms with Crippen molar-refractivity contribution in [2.24, 2.45) is 7.05 Å². The summed E-state index contributed by atoms with van der Waals surface area (Å²) < 4.78 is 7.30. The molecule has 0 fully saturated rings. The summed E-state index contributed by atoms with van der Waals surface area (Å²) in [5.74, 6) is 1.37. The number of thiazole rings is 1. The first-order chi connectivity index (χ1) is 12.1. The number of ether oxygens (including phenoxy) is 1. The number of nitrogens with zero attached hydrogens (tertiary/aromatic N) is 3. The average molecular weight is 356 g/mol.